The van der Waals surface area contributed by atoms with Crippen molar-refractivity contribution in [2.45, 2.75) is 58.4 Å². The fourth-order valence-electron chi connectivity index (χ4n) is 2.82. The molecular weight excluding hydrogens is 349 g/mol. The summed E-state index contributed by atoms with van der Waals surface area (Å²) < 4.78 is 0. The second-order valence-electron chi connectivity index (χ2n) is 6.22. The lowest BCUT2D eigenvalue weighted by atomic mass is 9.83. The molecule has 4 heteroatoms. The third-order valence-corrected chi connectivity index (χ3v) is 4.25. The maximum absolute atomic E-state index is 4.62. The van der Waals surface area contributed by atoms with Crippen molar-refractivity contribution in [3.63, 3.8) is 0 Å². The number of hydrogen-bond donors (Lipinski definition) is 1. The molecule has 2 fully saturated rings. The summed E-state index contributed by atoms with van der Waals surface area (Å²) in [5, 5.41) is 3.57. The summed E-state index contributed by atoms with van der Waals surface area (Å²) >= 11 is 0. The molecule has 2 rings (SSSR count). The van der Waals surface area contributed by atoms with Crippen LogP contribution < -0.4 is 5.32 Å². The molecule has 2 aliphatic rings. The molecular formula is C15H30IN3. The molecule has 0 heterocycles. The van der Waals surface area contributed by atoms with Crippen molar-refractivity contribution in [1.82, 2.24) is 10.2 Å². The second-order valence-corrected chi connectivity index (χ2v) is 6.22. The predicted molar refractivity (Wildman–Crippen MR) is 93.3 cm³/mol. The van der Waals surface area contributed by atoms with Gasteiger partial charge in [-0.2, -0.15) is 0 Å². The molecule has 0 bridgehead atoms. The molecule has 0 spiro atoms. The van der Waals surface area contributed by atoms with Crippen LogP contribution in [-0.2, 0) is 0 Å². The van der Waals surface area contributed by atoms with E-state index >= 15 is 0 Å². The Morgan fingerprint density at radius 1 is 1.16 bits per heavy atom. The molecule has 0 unspecified atom stereocenters. The Morgan fingerprint density at radius 3 is 2.32 bits per heavy atom. The van der Waals surface area contributed by atoms with Crippen LogP contribution in [0.2, 0.25) is 0 Å². The zero-order chi connectivity index (χ0) is 13.0. The highest BCUT2D eigenvalue weighted by Gasteiger charge is 2.25. The van der Waals surface area contributed by atoms with E-state index < -0.39 is 0 Å². The van der Waals surface area contributed by atoms with Gasteiger partial charge in [0.25, 0.3) is 0 Å². The summed E-state index contributed by atoms with van der Waals surface area (Å²) in [6, 6.07) is 0.698. The highest BCUT2D eigenvalue weighted by Crippen LogP contribution is 2.28. The number of nitrogens with one attached hydrogen (secondary N) is 1. The van der Waals surface area contributed by atoms with Gasteiger partial charge in [0.15, 0.2) is 5.96 Å². The van der Waals surface area contributed by atoms with Crippen LogP contribution in [0.3, 0.4) is 0 Å². The smallest absolute Gasteiger partial charge is 0.193 e. The highest BCUT2D eigenvalue weighted by atomic mass is 127. The summed E-state index contributed by atoms with van der Waals surface area (Å²) in [7, 11) is 2.20. The van der Waals surface area contributed by atoms with Crippen molar-refractivity contribution in [3.05, 3.63) is 0 Å². The molecule has 1 N–H and O–H groups in total. The van der Waals surface area contributed by atoms with Crippen LogP contribution in [0.15, 0.2) is 4.99 Å². The lowest BCUT2D eigenvalue weighted by Gasteiger charge is -2.31. The van der Waals surface area contributed by atoms with E-state index in [1.807, 2.05) is 0 Å². The number of aliphatic imine (C=N–C) groups is 1. The lowest BCUT2D eigenvalue weighted by molar-refractivity contribution is 0.250. The van der Waals surface area contributed by atoms with Gasteiger partial charge in [0.05, 0.1) is 0 Å². The average molecular weight is 379 g/mol. The molecule has 112 valence electrons. The molecule has 0 aliphatic heterocycles. The molecule has 0 saturated heterocycles. The van der Waals surface area contributed by atoms with Gasteiger partial charge in [-0.3, -0.25) is 4.99 Å². The number of hydrogen-bond acceptors (Lipinski definition) is 1. The number of rotatable bonds is 4. The Hall–Kier alpha value is 0. The van der Waals surface area contributed by atoms with E-state index in [0.717, 1.165) is 24.3 Å². The van der Waals surface area contributed by atoms with E-state index in [2.05, 4.69) is 36.1 Å². The van der Waals surface area contributed by atoms with E-state index in [1.54, 1.807) is 0 Å². The maximum Gasteiger partial charge on any atom is 0.193 e. The minimum absolute atomic E-state index is 0. The Morgan fingerprint density at radius 2 is 1.79 bits per heavy atom. The molecule has 0 aromatic heterocycles. The van der Waals surface area contributed by atoms with Crippen LogP contribution in [0.4, 0.5) is 0 Å². The topological polar surface area (TPSA) is 27.6 Å². The fraction of sp³-hybridized carbons (Fsp3) is 0.933. The monoisotopic (exact) mass is 379 g/mol. The minimum Gasteiger partial charge on any atom is -0.354 e. The molecule has 0 atom stereocenters. The normalized spacial score (nSPS) is 27.6. The first-order valence-corrected chi connectivity index (χ1v) is 7.71. The molecule has 0 amide bonds. The van der Waals surface area contributed by atoms with Crippen molar-refractivity contribution >= 4 is 29.9 Å². The standard InChI is InChI=1S/C15H29N3.HI/c1-4-16-15(17-14-9-10-14)18(3)11-13-7-5-12(2)6-8-13;/h12-14H,4-11H2,1-3H3,(H,16,17);1H. The molecule has 2 aliphatic carbocycles. The first-order valence-electron chi connectivity index (χ1n) is 7.71. The number of guanidine groups is 1. The third kappa shape index (κ3) is 5.88. The quantitative estimate of drug-likeness (QED) is 0.460. The summed E-state index contributed by atoms with van der Waals surface area (Å²) in [6.45, 7) is 6.55. The Bertz CT molecular complexity index is 281. The molecule has 0 radical (unpaired) electrons. The van der Waals surface area contributed by atoms with E-state index in [0.29, 0.717) is 6.04 Å². The predicted octanol–water partition coefficient (Wildman–Crippen LogP) is 3.49. The first-order chi connectivity index (χ1) is 8.69. The van der Waals surface area contributed by atoms with Crippen LogP contribution in [0.5, 0.6) is 0 Å². The number of halogens is 1. The summed E-state index contributed by atoms with van der Waals surface area (Å²) in [5.74, 6) is 2.94. The van der Waals surface area contributed by atoms with Crippen LogP contribution >= 0.6 is 24.0 Å². The third-order valence-electron chi connectivity index (χ3n) is 4.25. The Balaban J connectivity index is 0.00000180. The largest absolute Gasteiger partial charge is 0.354 e. The first kappa shape index (κ1) is 17.1. The van der Waals surface area contributed by atoms with Crippen LogP contribution in [0, 0.1) is 11.8 Å². The highest BCUT2D eigenvalue weighted by molar-refractivity contribution is 14.0. The van der Waals surface area contributed by atoms with Gasteiger partial charge in [0.2, 0.25) is 0 Å². The lowest BCUT2D eigenvalue weighted by Crippen LogP contribution is -2.42. The van der Waals surface area contributed by atoms with Crippen molar-refractivity contribution in [2.75, 3.05) is 20.1 Å². The summed E-state index contributed by atoms with van der Waals surface area (Å²) in [6.07, 6.45) is 8.25. The van der Waals surface area contributed by atoms with Crippen molar-refractivity contribution in [3.8, 4) is 0 Å². The zero-order valence-corrected chi connectivity index (χ0v) is 15.0. The van der Waals surface area contributed by atoms with Crippen LogP contribution in [0.25, 0.3) is 0 Å². The number of nitrogens with zero attached hydrogens (tertiary/aromatic N) is 2. The van der Waals surface area contributed by atoms with Gasteiger partial charge in [-0.1, -0.05) is 19.8 Å². The van der Waals surface area contributed by atoms with Crippen LogP contribution in [-0.4, -0.2) is 37.0 Å². The van der Waals surface area contributed by atoms with Gasteiger partial charge in [-0.15, -0.1) is 24.0 Å². The molecule has 19 heavy (non-hydrogen) atoms. The summed E-state index contributed by atoms with van der Waals surface area (Å²) in [5.41, 5.74) is 0. The van der Waals surface area contributed by atoms with Crippen molar-refractivity contribution < 1.29 is 0 Å². The van der Waals surface area contributed by atoms with Gasteiger partial charge in [-0.25, -0.2) is 0 Å². The zero-order valence-electron chi connectivity index (χ0n) is 12.7. The summed E-state index contributed by atoms with van der Waals surface area (Å²) in [4.78, 5) is 6.97. The van der Waals surface area contributed by atoms with Gasteiger partial charge in [0.1, 0.15) is 0 Å². The van der Waals surface area contributed by atoms with E-state index in [4.69, 9.17) is 0 Å². The molecule has 0 aromatic carbocycles. The van der Waals surface area contributed by atoms with E-state index in [-0.39, 0.29) is 24.0 Å². The molecule has 0 aromatic rings. The Labute approximate surface area is 135 Å². The average Bonchev–Trinajstić information content (AvgIpc) is 3.15. The molecule has 3 nitrogen and oxygen atoms in total. The van der Waals surface area contributed by atoms with Crippen molar-refractivity contribution in [1.29, 1.82) is 0 Å². The molecule has 2 saturated carbocycles. The fourth-order valence-corrected chi connectivity index (χ4v) is 2.82. The van der Waals surface area contributed by atoms with Crippen molar-refractivity contribution in [2.24, 2.45) is 16.8 Å². The van der Waals surface area contributed by atoms with Gasteiger partial charge in [0, 0.05) is 26.2 Å². The maximum atomic E-state index is 4.62. The van der Waals surface area contributed by atoms with Gasteiger partial charge < -0.3 is 10.2 Å². The van der Waals surface area contributed by atoms with Gasteiger partial charge in [-0.05, 0) is 44.4 Å². The second kappa shape index (κ2) is 8.32. The minimum atomic E-state index is 0. The Kier molecular flexibility index (Phi) is 7.47. The van der Waals surface area contributed by atoms with E-state index in [1.165, 1.54) is 45.1 Å². The van der Waals surface area contributed by atoms with Crippen LogP contribution in [0.1, 0.15) is 52.4 Å². The van der Waals surface area contributed by atoms with E-state index in [9.17, 15) is 0 Å². The van der Waals surface area contributed by atoms with Gasteiger partial charge >= 0.3 is 0 Å². The SMILES string of the molecule is CCN=C(NC1CC1)N(C)CC1CCC(C)CC1.I.